The van der Waals surface area contributed by atoms with Crippen molar-refractivity contribution in [2.24, 2.45) is 0 Å². The number of fused-ring (bicyclic) bond motifs is 1. The number of benzene rings is 3. The Morgan fingerprint density at radius 2 is 1.73 bits per heavy atom. The number of nitrogens with zero attached hydrogens (tertiary/aromatic N) is 4. The van der Waals surface area contributed by atoms with Gasteiger partial charge in [0.25, 0.3) is 0 Å². The molecular weight excluding hydrogens is 543 g/mol. The Hall–Kier alpha value is -4.43. The van der Waals surface area contributed by atoms with Crippen LogP contribution in [0.25, 0.3) is 39.4 Å². The topological polar surface area (TPSA) is 80.0 Å². The van der Waals surface area contributed by atoms with Gasteiger partial charge in [0.15, 0.2) is 5.65 Å². The van der Waals surface area contributed by atoms with E-state index in [-0.39, 0.29) is 24.7 Å². The fraction of sp³-hybridized carbons (Fsp3) is 0.219. The number of ether oxygens (including phenoxy) is 1. The number of carbonyl (C=O) groups excluding carboxylic acids is 1. The van der Waals surface area contributed by atoms with Crippen molar-refractivity contribution in [3.63, 3.8) is 0 Å². The molecule has 0 radical (unpaired) electrons. The van der Waals surface area contributed by atoms with Crippen LogP contribution in [0.15, 0.2) is 78.9 Å². The van der Waals surface area contributed by atoms with Gasteiger partial charge in [-0.25, -0.2) is 13.9 Å². The highest BCUT2D eigenvalue weighted by Crippen LogP contribution is 2.36. The van der Waals surface area contributed by atoms with Crippen LogP contribution in [0, 0.1) is 0 Å². The van der Waals surface area contributed by atoms with Gasteiger partial charge in [0.1, 0.15) is 24.8 Å². The number of aromatic hydroxyl groups is 1. The quantitative estimate of drug-likeness (QED) is 0.198. The monoisotopic (exact) mass is 572 g/mol. The van der Waals surface area contributed by atoms with Gasteiger partial charge in [0.2, 0.25) is 5.91 Å². The van der Waals surface area contributed by atoms with Crippen LogP contribution in [0.2, 0.25) is 5.02 Å². The van der Waals surface area contributed by atoms with E-state index in [4.69, 9.17) is 26.4 Å². The highest BCUT2D eigenvalue weighted by atomic mass is 35.5. The molecule has 2 aromatic heterocycles. The molecule has 41 heavy (non-hydrogen) atoms. The smallest absolute Gasteiger partial charge is 0.227 e. The van der Waals surface area contributed by atoms with Crippen molar-refractivity contribution in [2.75, 3.05) is 26.4 Å². The second-order valence-corrected chi connectivity index (χ2v) is 9.86. The molecule has 1 N–H and O–H groups in total. The maximum Gasteiger partial charge on any atom is 0.227 e. The molecule has 210 valence electrons. The van der Waals surface area contributed by atoms with Crippen LogP contribution in [-0.2, 0) is 11.2 Å². The molecule has 5 aromatic rings. The summed E-state index contributed by atoms with van der Waals surface area (Å²) in [6.45, 7) is 4.44. The molecular formula is C32H30ClFN4O3. The number of carbonyl (C=O) groups is 1. The van der Waals surface area contributed by atoms with Crippen LogP contribution in [0.4, 0.5) is 4.39 Å². The first-order chi connectivity index (χ1) is 19.9. The number of likely N-dealkylation sites (N-methyl/N-ethyl adjacent to an activating group) is 1. The standard InChI is InChI=1S/C32H30ClFN4O3/c1-3-37(4-2)30(40)19-26-31(22-10-13-24(14-11-22)41-17-16-34)36-38-28(21-8-6-5-7-9-21)20-27(35-32(26)38)25-18-23(33)12-15-29(25)39/h5-15,18,20,39H,3-4,16-17,19H2,1-2H3. The Kier molecular flexibility index (Phi) is 8.50. The predicted octanol–water partition coefficient (Wildman–Crippen LogP) is 6.85. The minimum absolute atomic E-state index is 0.0270. The van der Waals surface area contributed by atoms with E-state index >= 15 is 0 Å². The molecule has 1 amide bonds. The molecule has 0 aliphatic heterocycles. The summed E-state index contributed by atoms with van der Waals surface area (Å²) in [4.78, 5) is 20.1. The minimum atomic E-state index is -0.579. The zero-order chi connectivity index (χ0) is 28.9. The molecule has 5 rings (SSSR count). The van der Waals surface area contributed by atoms with Crippen LogP contribution in [-0.4, -0.2) is 56.9 Å². The molecule has 0 saturated carbocycles. The average Bonchev–Trinajstić information content (AvgIpc) is 3.36. The van der Waals surface area contributed by atoms with E-state index in [0.29, 0.717) is 52.0 Å². The van der Waals surface area contributed by atoms with Gasteiger partial charge in [-0.3, -0.25) is 4.79 Å². The van der Waals surface area contributed by atoms with Crippen LogP contribution in [0.1, 0.15) is 19.4 Å². The number of hydrogen-bond acceptors (Lipinski definition) is 5. The van der Waals surface area contributed by atoms with E-state index in [1.807, 2.05) is 62.4 Å². The maximum atomic E-state index is 13.4. The number of alkyl halides is 1. The molecule has 0 bridgehead atoms. The van der Waals surface area contributed by atoms with E-state index in [1.165, 1.54) is 6.07 Å². The minimum Gasteiger partial charge on any atom is -0.507 e. The van der Waals surface area contributed by atoms with Gasteiger partial charge in [-0.05, 0) is 62.4 Å². The number of amides is 1. The van der Waals surface area contributed by atoms with Crippen LogP contribution < -0.4 is 4.74 Å². The number of hydrogen-bond donors (Lipinski definition) is 1. The third-order valence-corrected chi connectivity index (χ3v) is 7.14. The van der Waals surface area contributed by atoms with Gasteiger partial charge in [-0.15, -0.1) is 0 Å². The second-order valence-electron chi connectivity index (χ2n) is 9.42. The summed E-state index contributed by atoms with van der Waals surface area (Å²) in [6.07, 6.45) is 0.0762. The predicted molar refractivity (Wildman–Crippen MR) is 159 cm³/mol. The summed E-state index contributed by atoms with van der Waals surface area (Å²) < 4.78 is 19.8. The normalized spacial score (nSPS) is 11.1. The van der Waals surface area contributed by atoms with Gasteiger partial charge >= 0.3 is 0 Å². The lowest BCUT2D eigenvalue weighted by Crippen LogP contribution is -2.31. The summed E-state index contributed by atoms with van der Waals surface area (Å²) >= 11 is 6.30. The Morgan fingerprint density at radius 1 is 1.00 bits per heavy atom. The Morgan fingerprint density at radius 3 is 2.41 bits per heavy atom. The lowest BCUT2D eigenvalue weighted by Gasteiger charge is -2.18. The van der Waals surface area contributed by atoms with Gasteiger partial charge in [0.05, 0.1) is 23.5 Å². The molecule has 0 atom stereocenters. The lowest BCUT2D eigenvalue weighted by atomic mass is 10.0. The maximum absolute atomic E-state index is 13.4. The van der Waals surface area contributed by atoms with Crippen molar-refractivity contribution in [3.05, 3.63) is 89.4 Å². The van der Waals surface area contributed by atoms with Crippen molar-refractivity contribution >= 4 is 23.2 Å². The molecule has 0 aliphatic rings. The molecule has 3 aromatic carbocycles. The Labute approximate surface area is 242 Å². The van der Waals surface area contributed by atoms with E-state index in [0.717, 1.165) is 16.8 Å². The number of phenols is 1. The molecule has 0 aliphatic carbocycles. The number of halogens is 2. The first-order valence-corrected chi connectivity index (χ1v) is 13.8. The van der Waals surface area contributed by atoms with E-state index in [9.17, 15) is 14.3 Å². The summed E-state index contributed by atoms with van der Waals surface area (Å²) in [5, 5.41) is 16.2. The number of phenolic OH excluding ortho intramolecular Hbond substituents is 1. The van der Waals surface area contributed by atoms with Crippen molar-refractivity contribution in [3.8, 4) is 45.3 Å². The highest BCUT2D eigenvalue weighted by Gasteiger charge is 2.24. The zero-order valence-corrected chi connectivity index (χ0v) is 23.6. The third kappa shape index (κ3) is 5.88. The van der Waals surface area contributed by atoms with E-state index in [2.05, 4.69) is 0 Å². The van der Waals surface area contributed by atoms with Gasteiger partial charge in [0, 0.05) is 40.4 Å². The van der Waals surface area contributed by atoms with Gasteiger partial charge < -0.3 is 14.7 Å². The summed E-state index contributed by atoms with van der Waals surface area (Å²) in [5.74, 6) is 0.528. The summed E-state index contributed by atoms with van der Waals surface area (Å²) in [6, 6.07) is 23.6. The third-order valence-electron chi connectivity index (χ3n) is 6.91. The molecule has 9 heteroatoms. The van der Waals surface area contributed by atoms with Crippen molar-refractivity contribution in [2.45, 2.75) is 20.3 Å². The molecule has 2 heterocycles. The van der Waals surface area contributed by atoms with Crippen molar-refractivity contribution in [1.82, 2.24) is 19.5 Å². The lowest BCUT2D eigenvalue weighted by molar-refractivity contribution is -0.130. The molecule has 7 nitrogen and oxygen atoms in total. The van der Waals surface area contributed by atoms with Crippen molar-refractivity contribution < 1.29 is 19.0 Å². The Balaban J connectivity index is 1.78. The van der Waals surface area contributed by atoms with E-state index in [1.54, 1.807) is 33.7 Å². The highest BCUT2D eigenvalue weighted by molar-refractivity contribution is 6.31. The number of aromatic nitrogens is 3. The SMILES string of the molecule is CCN(CC)C(=O)Cc1c(-c2ccc(OCCF)cc2)nn2c(-c3ccccc3)cc(-c3cc(Cl)ccc3O)nc12. The van der Waals surface area contributed by atoms with E-state index < -0.39 is 6.67 Å². The molecule has 0 spiro atoms. The van der Waals surface area contributed by atoms with Gasteiger partial charge in [-0.1, -0.05) is 41.9 Å². The fourth-order valence-corrected chi connectivity index (χ4v) is 5.00. The van der Waals surface area contributed by atoms with Crippen LogP contribution >= 0.6 is 11.6 Å². The zero-order valence-electron chi connectivity index (χ0n) is 22.8. The van der Waals surface area contributed by atoms with Crippen LogP contribution in [0.5, 0.6) is 11.5 Å². The molecule has 0 unspecified atom stereocenters. The average molecular weight is 573 g/mol. The molecule has 0 fully saturated rings. The largest absolute Gasteiger partial charge is 0.507 e. The fourth-order valence-electron chi connectivity index (χ4n) is 4.83. The van der Waals surface area contributed by atoms with Crippen LogP contribution in [0.3, 0.4) is 0 Å². The Bertz CT molecular complexity index is 1670. The summed E-state index contributed by atoms with van der Waals surface area (Å²) in [7, 11) is 0. The van der Waals surface area contributed by atoms with Crippen molar-refractivity contribution in [1.29, 1.82) is 0 Å². The molecule has 0 saturated heterocycles. The first kappa shape index (κ1) is 28.1. The summed E-state index contributed by atoms with van der Waals surface area (Å²) in [5.41, 5.74) is 5.08. The number of rotatable bonds is 10. The second kappa shape index (κ2) is 12.4. The van der Waals surface area contributed by atoms with Gasteiger partial charge in [-0.2, -0.15) is 5.10 Å². The first-order valence-electron chi connectivity index (χ1n) is 13.5.